The van der Waals surface area contributed by atoms with Gasteiger partial charge in [-0.15, -0.1) is 0 Å². The van der Waals surface area contributed by atoms with Gasteiger partial charge in [0.05, 0.1) is 0 Å². The van der Waals surface area contributed by atoms with Crippen LogP contribution in [0.4, 0.5) is 4.39 Å². The van der Waals surface area contributed by atoms with Crippen LogP contribution in [0.5, 0.6) is 0 Å². The molecule has 2 aromatic carbocycles. The largest absolute Gasteiger partial charge is 0.310 e. The maximum atomic E-state index is 12.8. The molecular formula is C16H16Cl2FN. The van der Waals surface area contributed by atoms with Crippen molar-refractivity contribution in [1.82, 2.24) is 5.32 Å². The third kappa shape index (κ3) is 4.48. The number of halogens is 3. The van der Waals surface area contributed by atoms with Crippen LogP contribution in [0.3, 0.4) is 0 Å². The molecule has 20 heavy (non-hydrogen) atoms. The number of benzene rings is 2. The Balaban J connectivity index is 1.88. The summed E-state index contributed by atoms with van der Waals surface area (Å²) >= 11 is 12.0. The lowest BCUT2D eigenvalue weighted by Crippen LogP contribution is -2.27. The summed E-state index contributed by atoms with van der Waals surface area (Å²) in [6, 6.07) is 12.3. The van der Waals surface area contributed by atoms with Crippen molar-refractivity contribution < 1.29 is 4.39 Å². The second kappa shape index (κ2) is 7.07. The minimum atomic E-state index is -0.206. The zero-order chi connectivity index (χ0) is 14.5. The van der Waals surface area contributed by atoms with Gasteiger partial charge in [-0.3, -0.25) is 0 Å². The predicted molar refractivity (Wildman–Crippen MR) is 82.9 cm³/mol. The molecule has 0 amide bonds. The molecule has 0 radical (unpaired) electrons. The Morgan fingerprint density at radius 1 is 1.10 bits per heavy atom. The summed E-state index contributed by atoms with van der Waals surface area (Å²) in [5.74, 6) is -0.206. The van der Waals surface area contributed by atoms with Crippen LogP contribution in [0, 0.1) is 5.82 Å². The number of rotatable bonds is 5. The van der Waals surface area contributed by atoms with Gasteiger partial charge in [-0.25, -0.2) is 4.39 Å². The lowest BCUT2D eigenvalue weighted by atomic mass is 10.1. The third-order valence-corrected chi connectivity index (χ3v) is 3.70. The Hall–Kier alpha value is -1.09. The van der Waals surface area contributed by atoms with Crippen LogP contribution in [0.1, 0.15) is 18.1 Å². The first-order chi connectivity index (χ1) is 9.54. The molecule has 0 heterocycles. The van der Waals surface area contributed by atoms with Gasteiger partial charge in [0.15, 0.2) is 0 Å². The van der Waals surface area contributed by atoms with Crippen LogP contribution in [0.25, 0.3) is 0 Å². The van der Waals surface area contributed by atoms with E-state index in [0.29, 0.717) is 16.6 Å². The first-order valence-corrected chi connectivity index (χ1v) is 7.22. The van der Waals surface area contributed by atoms with Gasteiger partial charge < -0.3 is 5.32 Å². The molecule has 0 aliphatic rings. The van der Waals surface area contributed by atoms with E-state index in [4.69, 9.17) is 23.2 Å². The van der Waals surface area contributed by atoms with Gasteiger partial charge in [0.25, 0.3) is 0 Å². The molecule has 4 heteroatoms. The molecule has 1 N–H and O–H groups in total. The maximum Gasteiger partial charge on any atom is 0.123 e. The SMILES string of the molecule is CC(Cc1ccc(F)cc1)NCc1ccc(Cl)cc1Cl. The summed E-state index contributed by atoms with van der Waals surface area (Å²) in [7, 11) is 0. The van der Waals surface area contributed by atoms with Crippen molar-refractivity contribution >= 4 is 23.2 Å². The third-order valence-electron chi connectivity index (χ3n) is 3.11. The molecule has 1 nitrogen and oxygen atoms in total. The molecule has 1 atom stereocenters. The van der Waals surface area contributed by atoms with Gasteiger partial charge in [-0.2, -0.15) is 0 Å². The lowest BCUT2D eigenvalue weighted by molar-refractivity contribution is 0.544. The fourth-order valence-electron chi connectivity index (χ4n) is 2.00. The molecule has 0 aliphatic carbocycles. The average molecular weight is 312 g/mol. The highest BCUT2D eigenvalue weighted by Crippen LogP contribution is 2.20. The maximum absolute atomic E-state index is 12.8. The second-order valence-corrected chi connectivity index (χ2v) is 5.69. The van der Waals surface area contributed by atoms with Crippen LogP contribution >= 0.6 is 23.2 Å². The molecule has 0 aliphatic heterocycles. The van der Waals surface area contributed by atoms with Crippen molar-refractivity contribution in [2.45, 2.75) is 25.9 Å². The zero-order valence-electron chi connectivity index (χ0n) is 11.2. The van der Waals surface area contributed by atoms with E-state index in [9.17, 15) is 4.39 Å². The molecule has 2 rings (SSSR count). The van der Waals surface area contributed by atoms with Crippen molar-refractivity contribution in [3.05, 3.63) is 69.5 Å². The summed E-state index contributed by atoms with van der Waals surface area (Å²) < 4.78 is 12.8. The van der Waals surface area contributed by atoms with Crippen LogP contribution in [0.2, 0.25) is 10.0 Å². The molecule has 0 saturated carbocycles. The first-order valence-electron chi connectivity index (χ1n) is 6.46. The summed E-state index contributed by atoms with van der Waals surface area (Å²) in [5.41, 5.74) is 2.12. The minimum Gasteiger partial charge on any atom is -0.310 e. The van der Waals surface area contributed by atoms with Crippen molar-refractivity contribution in [3.8, 4) is 0 Å². The lowest BCUT2D eigenvalue weighted by Gasteiger charge is -2.14. The molecule has 0 aromatic heterocycles. The minimum absolute atomic E-state index is 0.206. The van der Waals surface area contributed by atoms with E-state index in [2.05, 4.69) is 12.2 Å². The van der Waals surface area contributed by atoms with Gasteiger partial charge >= 0.3 is 0 Å². The number of hydrogen-bond donors (Lipinski definition) is 1. The molecule has 0 fully saturated rings. The highest BCUT2D eigenvalue weighted by Gasteiger charge is 2.06. The predicted octanol–water partition coefficient (Wildman–Crippen LogP) is 4.85. The molecule has 106 valence electrons. The standard InChI is InChI=1S/C16H16Cl2FN/c1-11(8-12-2-6-15(19)7-3-12)20-10-13-4-5-14(17)9-16(13)18/h2-7,9,11,20H,8,10H2,1H3. The molecule has 2 aromatic rings. The van der Waals surface area contributed by atoms with E-state index in [1.54, 1.807) is 6.07 Å². The Bertz CT molecular complexity index is 569. The quantitative estimate of drug-likeness (QED) is 0.832. The van der Waals surface area contributed by atoms with Crippen molar-refractivity contribution in [3.63, 3.8) is 0 Å². The molecule has 0 saturated heterocycles. The summed E-state index contributed by atoms with van der Waals surface area (Å²) in [5, 5.41) is 4.70. The van der Waals surface area contributed by atoms with Crippen LogP contribution in [0.15, 0.2) is 42.5 Å². The van der Waals surface area contributed by atoms with E-state index in [-0.39, 0.29) is 11.9 Å². The Labute approximate surface area is 128 Å². The van der Waals surface area contributed by atoms with Crippen molar-refractivity contribution in [2.75, 3.05) is 0 Å². The molecule has 0 bridgehead atoms. The Morgan fingerprint density at radius 3 is 2.45 bits per heavy atom. The van der Waals surface area contributed by atoms with E-state index >= 15 is 0 Å². The molecular weight excluding hydrogens is 296 g/mol. The average Bonchev–Trinajstić information content (AvgIpc) is 2.40. The highest BCUT2D eigenvalue weighted by atomic mass is 35.5. The van der Waals surface area contributed by atoms with Gasteiger partial charge in [0.1, 0.15) is 5.82 Å². The summed E-state index contributed by atoms with van der Waals surface area (Å²) in [6.07, 6.45) is 0.839. The first kappa shape index (κ1) is 15.3. The normalized spacial score (nSPS) is 12.4. The van der Waals surface area contributed by atoms with Crippen molar-refractivity contribution in [1.29, 1.82) is 0 Å². The Morgan fingerprint density at radius 2 is 1.80 bits per heavy atom. The fraction of sp³-hybridized carbons (Fsp3) is 0.250. The smallest absolute Gasteiger partial charge is 0.123 e. The monoisotopic (exact) mass is 311 g/mol. The Kier molecular flexibility index (Phi) is 5.41. The van der Waals surface area contributed by atoms with E-state index in [1.807, 2.05) is 24.3 Å². The zero-order valence-corrected chi connectivity index (χ0v) is 12.7. The fourth-order valence-corrected chi connectivity index (χ4v) is 2.47. The van der Waals surface area contributed by atoms with Gasteiger partial charge in [-0.05, 0) is 48.7 Å². The molecule has 1 unspecified atom stereocenters. The van der Waals surface area contributed by atoms with E-state index in [1.165, 1.54) is 12.1 Å². The highest BCUT2D eigenvalue weighted by molar-refractivity contribution is 6.35. The van der Waals surface area contributed by atoms with Crippen LogP contribution in [-0.2, 0) is 13.0 Å². The summed E-state index contributed by atoms with van der Waals surface area (Å²) in [4.78, 5) is 0. The van der Waals surface area contributed by atoms with Crippen LogP contribution in [-0.4, -0.2) is 6.04 Å². The van der Waals surface area contributed by atoms with Crippen LogP contribution < -0.4 is 5.32 Å². The van der Waals surface area contributed by atoms with E-state index < -0.39 is 0 Å². The van der Waals surface area contributed by atoms with Crippen molar-refractivity contribution in [2.24, 2.45) is 0 Å². The van der Waals surface area contributed by atoms with Gasteiger partial charge in [0, 0.05) is 22.6 Å². The van der Waals surface area contributed by atoms with E-state index in [0.717, 1.165) is 17.5 Å². The second-order valence-electron chi connectivity index (χ2n) is 4.85. The number of hydrogen-bond acceptors (Lipinski definition) is 1. The van der Waals surface area contributed by atoms with Gasteiger partial charge in [0.2, 0.25) is 0 Å². The van der Waals surface area contributed by atoms with Gasteiger partial charge in [-0.1, -0.05) is 41.4 Å². The summed E-state index contributed by atoms with van der Waals surface area (Å²) in [6.45, 7) is 2.77. The number of nitrogens with one attached hydrogen (secondary N) is 1. The topological polar surface area (TPSA) is 12.0 Å². The molecule has 0 spiro atoms.